The molecule has 88 valence electrons. The number of rotatable bonds is 4. The first kappa shape index (κ1) is 11.5. The van der Waals surface area contributed by atoms with Gasteiger partial charge in [0.25, 0.3) is 0 Å². The first-order valence-corrected chi connectivity index (χ1v) is 5.51. The van der Waals surface area contributed by atoms with Crippen molar-refractivity contribution in [3.05, 3.63) is 53.3 Å². The molecule has 2 rings (SSSR count). The van der Waals surface area contributed by atoms with Crippen LogP contribution in [0.25, 0.3) is 0 Å². The van der Waals surface area contributed by atoms with Crippen LogP contribution in [0.2, 0.25) is 0 Å². The Balaban J connectivity index is 2.08. The number of carbonyl (C=O) groups is 1. The molecule has 1 heterocycles. The minimum absolute atomic E-state index is 0.357. The largest absolute Gasteiger partial charge is 0.438 e. The Kier molecular flexibility index (Phi) is 3.28. The van der Waals surface area contributed by atoms with E-state index in [2.05, 4.69) is 31.2 Å². The summed E-state index contributed by atoms with van der Waals surface area (Å²) in [7, 11) is 1.94. The third kappa shape index (κ3) is 2.75. The fourth-order valence-electron chi connectivity index (χ4n) is 1.66. The number of furan rings is 1. The lowest BCUT2D eigenvalue weighted by Crippen LogP contribution is -2.15. The molecule has 3 heteroatoms. The normalized spacial score (nSPS) is 10.2. The van der Waals surface area contributed by atoms with E-state index in [0.29, 0.717) is 17.9 Å². The second-order valence-corrected chi connectivity index (χ2v) is 4.14. The Morgan fingerprint density at radius 1 is 1.18 bits per heavy atom. The average Bonchev–Trinajstić information content (AvgIpc) is 2.81. The van der Waals surface area contributed by atoms with Crippen LogP contribution in [-0.2, 0) is 6.54 Å². The highest BCUT2D eigenvalue weighted by Crippen LogP contribution is 2.18. The topological polar surface area (TPSA) is 33.5 Å². The van der Waals surface area contributed by atoms with Gasteiger partial charge in [0.2, 0.25) is 0 Å². The minimum atomic E-state index is 0.357. The number of benzene rings is 1. The molecule has 0 saturated heterocycles. The zero-order valence-electron chi connectivity index (χ0n) is 10.0. The van der Waals surface area contributed by atoms with E-state index in [-0.39, 0.29) is 0 Å². The van der Waals surface area contributed by atoms with Crippen LogP contribution in [0.1, 0.15) is 21.7 Å². The van der Waals surface area contributed by atoms with E-state index >= 15 is 0 Å². The number of nitrogens with zero attached hydrogens (tertiary/aromatic N) is 1. The molecule has 0 spiro atoms. The smallest absolute Gasteiger partial charge is 0.196 e. The van der Waals surface area contributed by atoms with Crippen LogP contribution in [0.3, 0.4) is 0 Å². The van der Waals surface area contributed by atoms with Crippen LogP contribution >= 0.6 is 0 Å². The van der Waals surface area contributed by atoms with Crippen molar-refractivity contribution in [1.29, 1.82) is 0 Å². The SMILES string of the molecule is Cc1ccc(CN(C)c2ccc(C=O)o2)cc1. The lowest BCUT2D eigenvalue weighted by atomic mass is 10.1. The second-order valence-electron chi connectivity index (χ2n) is 4.14. The Hall–Kier alpha value is -2.03. The number of hydrogen-bond acceptors (Lipinski definition) is 3. The summed E-state index contributed by atoms with van der Waals surface area (Å²) in [5.41, 5.74) is 2.46. The van der Waals surface area contributed by atoms with Crippen molar-refractivity contribution in [3.8, 4) is 0 Å². The van der Waals surface area contributed by atoms with E-state index in [4.69, 9.17) is 4.42 Å². The van der Waals surface area contributed by atoms with Gasteiger partial charge in [0, 0.05) is 19.7 Å². The van der Waals surface area contributed by atoms with Gasteiger partial charge in [0.1, 0.15) is 0 Å². The summed E-state index contributed by atoms with van der Waals surface area (Å²) in [6.07, 6.45) is 0.712. The number of hydrogen-bond donors (Lipinski definition) is 0. The fourth-order valence-corrected chi connectivity index (χ4v) is 1.66. The highest BCUT2D eigenvalue weighted by atomic mass is 16.4. The van der Waals surface area contributed by atoms with Gasteiger partial charge in [-0.05, 0) is 18.6 Å². The van der Waals surface area contributed by atoms with Crippen molar-refractivity contribution < 1.29 is 9.21 Å². The number of aldehydes is 1. The minimum Gasteiger partial charge on any atom is -0.438 e. The van der Waals surface area contributed by atoms with Crippen molar-refractivity contribution in [2.45, 2.75) is 13.5 Å². The second kappa shape index (κ2) is 4.87. The van der Waals surface area contributed by atoms with Gasteiger partial charge >= 0.3 is 0 Å². The van der Waals surface area contributed by atoms with Crippen molar-refractivity contribution in [1.82, 2.24) is 0 Å². The Labute approximate surface area is 101 Å². The van der Waals surface area contributed by atoms with Gasteiger partial charge in [0.05, 0.1) is 0 Å². The van der Waals surface area contributed by atoms with E-state index in [1.165, 1.54) is 11.1 Å². The van der Waals surface area contributed by atoms with Gasteiger partial charge in [-0.15, -0.1) is 0 Å². The maximum Gasteiger partial charge on any atom is 0.196 e. The molecule has 17 heavy (non-hydrogen) atoms. The molecular weight excluding hydrogens is 214 g/mol. The summed E-state index contributed by atoms with van der Waals surface area (Å²) in [5.74, 6) is 1.06. The van der Waals surface area contributed by atoms with E-state index in [0.717, 1.165) is 6.54 Å². The highest BCUT2D eigenvalue weighted by molar-refractivity contribution is 5.71. The quantitative estimate of drug-likeness (QED) is 0.755. The zero-order chi connectivity index (χ0) is 12.3. The molecule has 0 saturated carbocycles. The maximum absolute atomic E-state index is 10.5. The van der Waals surface area contributed by atoms with Gasteiger partial charge in [-0.25, -0.2) is 0 Å². The first-order chi connectivity index (χ1) is 8.19. The Bertz CT molecular complexity index is 499. The van der Waals surface area contributed by atoms with Gasteiger partial charge in [-0.3, -0.25) is 4.79 Å². The molecule has 0 atom stereocenters. The number of anilines is 1. The molecule has 0 aliphatic rings. The van der Waals surface area contributed by atoms with Crippen LogP contribution < -0.4 is 4.90 Å². The lowest BCUT2D eigenvalue weighted by molar-refractivity contribution is 0.110. The molecule has 0 radical (unpaired) electrons. The average molecular weight is 229 g/mol. The van der Waals surface area contributed by atoms with Crippen LogP contribution in [0.4, 0.5) is 5.88 Å². The molecular formula is C14H15NO2. The molecule has 0 fully saturated rings. The van der Waals surface area contributed by atoms with Gasteiger partial charge < -0.3 is 9.32 Å². The first-order valence-electron chi connectivity index (χ1n) is 5.51. The molecule has 0 bridgehead atoms. The molecule has 1 aromatic heterocycles. The van der Waals surface area contributed by atoms with Crippen LogP contribution in [0.5, 0.6) is 0 Å². The van der Waals surface area contributed by atoms with E-state index in [1.54, 1.807) is 12.1 Å². The van der Waals surface area contributed by atoms with E-state index in [1.807, 2.05) is 11.9 Å². The predicted octanol–water partition coefficient (Wildman–Crippen LogP) is 3.04. The number of carbonyl (C=O) groups excluding carboxylic acids is 1. The molecule has 3 nitrogen and oxygen atoms in total. The molecule has 0 N–H and O–H groups in total. The molecule has 0 unspecified atom stereocenters. The summed E-state index contributed by atoms with van der Waals surface area (Å²) in [6, 6.07) is 11.8. The third-order valence-corrected chi connectivity index (χ3v) is 2.65. The zero-order valence-corrected chi connectivity index (χ0v) is 10.0. The molecule has 1 aromatic carbocycles. The summed E-state index contributed by atoms with van der Waals surface area (Å²) < 4.78 is 5.35. The third-order valence-electron chi connectivity index (χ3n) is 2.65. The predicted molar refractivity (Wildman–Crippen MR) is 67.4 cm³/mol. The molecule has 0 amide bonds. The van der Waals surface area contributed by atoms with Crippen LogP contribution in [0.15, 0.2) is 40.8 Å². The monoisotopic (exact) mass is 229 g/mol. The summed E-state index contributed by atoms with van der Waals surface area (Å²) in [4.78, 5) is 12.5. The van der Waals surface area contributed by atoms with E-state index in [9.17, 15) is 4.79 Å². The van der Waals surface area contributed by atoms with Crippen LogP contribution in [-0.4, -0.2) is 13.3 Å². The van der Waals surface area contributed by atoms with Crippen molar-refractivity contribution >= 4 is 12.2 Å². The highest BCUT2D eigenvalue weighted by Gasteiger charge is 2.06. The van der Waals surface area contributed by atoms with Crippen molar-refractivity contribution in [2.75, 3.05) is 11.9 Å². The van der Waals surface area contributed by atoms with Gasteiger partial charge in [-0.1, -0.05) is 29.8 Å². The molecule has 2 aromatic rings. The Morgan fingerprint density at radius 2 is 1.88 bits per heavy atom. The van der Waals surface area contributed by atoms with Crippen LogP contribution in [0, 0.1) is 6.92 Å². The number of aryl methyl sites for hydroxylation is 1. The fraction of sp³-hybridized carbons (Fsp3) is 0.214. The summed E-state index contributed by atoms with van der Waals surface area (Å²) in [5, 5.41) is 0. The van der Waals surface area contributed by atoms with Gasteiger partial charge in [-0.2, -0.15) is 0 Å². The Morgan fingerprint density at radius 3 is 2.47 bits per heavy atom. The summed E-state index contributed by atoms with van der Waals surface area (Å²) in [6.45, 7) is 2.82. The maximum atomic E-state index is 10.5. The van der Waals surface area contributed by atoms with Crippen molar-refractivity contribution in [3.63, 3.8) is 0 Å². The lowest BCUT2D eigenvalue weighted by Gasteiger charge is -2.15. The standard InChI is InChI=1S/C14H15NO2/c1-11-3-5-12(6-4-11)9-15(2)14-8-7-13(10-16)17-14/h3-8,10H,9H2,1-2H3. The molecule has 0 aliphatic heterocycles. The van der Waals surface area contributed by atoms with Crippen molar-refractivity contribution in [2.24, 2.45) is 0 Å². The van der Waals surface area contributed by atoms with E-state index < -0.39 is 0 Å². The molecule has 0 aliphatic carbocycles. The van der Waals surface area contributed by atoms with Gasteiger partial charge in [0.15, 0.2) is 17.9 Å². The summed E-state index contributed by atoms with van der Waals surface area (Å²) >= 11 is 0.